The summed E-state index contributed by atoms with van der Waals surface area (Å²) >= 11 is 0. The highest BCUT2D eigenvalue weighted by Crippen LogP contribution is 2.21. The van der Waals surface area contributed by atoms with Crippen molar-refractivity contribution >= 4 is 5.91 Å². The molecule has 0 radical (unpaired) electrons. The first-order chi connectivity index (χ1) is 6.16. The summed E-state index contributed by atoms with van der Waals surface area (Å²) in [7, 11) is 0. The molecule has 2 aliphatic rings. The molecule has 2 fully saturated rings. The van der Waals surface area contributed by atoms with Crippen molar-refractivity contribution in [3.05, 3.63) is 0 Å². The number of nitrogens with zero attached hydrogens (tertiary/aromatic N) is 2. The molecule has 0 aromatic rings. The maximum absolute atomic E-state index is 12.8. The highest BCUT2D eigenvalue weighted by Gasteiger charge is 2.36. The van der Waals surface area contributed by atoms with Crippen LogP contribution in [0.15, 0.2) is 0 Å². The molecular formula is C9H15FN2O. The quantitative estimate of drug-likeness (QED) is 0.586. The standard InChI is InChI=1S/C9H15FN2O/c1-7(13)12-5-9(6-12)11-3-2-8(10)4-11/h8-9H,2-6H2,1H3. The third-order valence-electron chi connectivity index (χ3n) is 2.99. The molecule has 0 spiro atoms. The lowest BCUT2D eigenvalue weighted by molar-refractivity contribution is -0.135. The predicted octanol–water partition coefficient (Wildman–Crippen LogP) is 0.261. The summed E-state index contributed by atoms with van der Waals surface area (Å²) in [5.41, 5.74) is 0. The molecular weight excluding hydrogens is 171 g/mol. The van der Waals surface area contributed by atoms with Gasteiger partial charge in [-0.2, -0.15) is 0 Å². The number of amides is 1. The molecule has 2 rings (SSSR count). The number of halogens is 1. The lowest BCUT2D eigenvalue weighted by atomic mass is 10.1. The molecule has 1 unspecified atom stereocenters. The number of alkyl halides is 1. The molecule has 0 aromatic carbocycles. The summed E-state index contributed by atoms with van der Waals surface area (Å²) in [6.45, 7) is 4.59. The van der Waals surface area contributed by atoms with Gasteiger partial charge in [0.2, 0.25) is 5.91 Å². The van der Waals surface area contributed by atoms with E-state index in [4.69, 9.17) is 0 Å². The summed E-state index contributed by atoms with van der Waals surface area (Å²) in [5.74, 6) is 0.132. The van der Waals surface area contributed by atoms with Crippen molar-refractivity contribution in [3.63, 3.8) is 0 Å². The summed E-state index contributed by atoms with van der Waals surface area (Å²) in [5, 5.41) is 0. The van der Waals surface area contributed by atoms with Gasteiger partial charge in [-0.3, -0.25) is 9.69 Å². The molecule has 2 aliphatic heterocycles. The number of carbonyl (C=O) groups is 1. The maximum Gasteiger partial charge on any atom is 0.219 e. The molecule has 1 atom stereocenters. The van der Waals surface area contributed by atoms with Crippen molar-refractivity contribution in [2.24, 2.45) is 0 Å². The van der Waals surface area contributed by atoms with E-state index in [1.165, 1.54) is 0 Å². The van der Waals surface area contributed by atoms with Crippen LogP contribution in [0, 0.1) is 0 Å². The number of carbonyl (C=O) groups excluding carboxylic acids is 1. The predicted molar refractivity (Wildman–Crippen MR) is 47.1 cm³/mol. The van der Waals surface area contributed by atoms with Gasteiger partial charge in [-0.05, 0) is 6.42 Å². The average Bonchev–Trinajstić information content (AvgIpc) is 2.31. The molecule has 2 saturated heterocycles. The Balaban J connectivity index is 1.77. The fraction of sp³-hybridized carbons (Fsp3) is 0.889. The SMILES string of the molecule is CC(=O)N1CC(N2CCC(F)C2)C1. The minimum atomic E-state index is -0.647. The van der Waals surface area contributed by atoms with Gasteiger partial charge < -0.3 is 4.90 Å². The molecule has 0 bridgehead atoms. The molecule has 2 heterocycles. The van der Waals surface area contributed by atoms with Crippen LogP contribution >= 0.6 is 0 Å². The van der Waals surface area contributed by atoms with Gasteiger partial charge in [0, 0.05) is 39.1 Å². The first kappa shape index (κ1) is 8.94. The minimum absolute atomic E-state index is 0.132. The summed E-state index contributed by atoms with van der Waals surface area (Å²) in [6.07, 6.45) is 0.0164. The highest BCUT2D eigenvalue weighted by atomic mass is 19.1. The Morgan fingerprint density at radius 1 is 1.38 bits per heavy atom. The second kappa shape index (κ2) is 3.25. The second-order valence-corrected chi connectivity index (χ2v) is 3.96. The topological polar surface area (TPSA) is 23.6 Å². The third-order valence-corrected chi connectivity index (χ3v) is 2.99. The van der Waals surface area contributed by atoms with E-state index in [-0.39, 0.29) is 5.91 Å². The largest absolute Gasteiger partial charge is 0.340 e. The van der Waals surface area contributed by atoms with E-state index in [1.807, 2.05) is 0 Å². The lowest BCUT2D eigenvalue weighted by Gasteiger charge is -2.43. The van der Waals surface area contributed by atoms with Gasteiger partial charge in [-0.15, -0.1) is 0 Å². The van der Waals surface area contributed by atoms with Gasteiger partial charge in [0.15, 0.2) is 0 Å². The molecule has 3 nitrogen and oxygen atoms in total. The van der Waals surface area contributed by atoms with Gasteiger partial charge >= 0.3 is 0 Å². The average molecular weight is 186 g/mol. The Labute approximate surface area is 77.5 Å². The van der Waals surface area contributed by atoms with Crippen LogP contribution < -0.4 is 0 Å². The van der Waals surface area contributed by atoms with E-state index in [0.717, 1.165) is 19.6 Å². The molecule has 0 aliphatic carbocycles. The van der Waals surface area contributed by atoms with Crippen molar-refractivity contribution in [3.8, 4) is 0 Å². The van der Waals surface area contributed by atoms with Crippen molar-refractivity contribution in [1.82, 2.24) is 9.80 Å². The Kier molecular flexibility index (Phi) is 2.24. The van der Waals surface area contributed by atoms with Crippen LogP contribution in [0.4, 0.5) is 4.39 Å². The van der Waals surface area contributed by atoms with Crippen LogP contribution in [0.2, 0.25) is 0 Å². The highest BCUT2D eigenvalue weighted by molar-refractivity contribution is 5.74. The van der Waals surface area contributed by atoms with Gasteiger partial charge in [-0.25, -0.2) is 4.39 Å². The molecule has 0 saturated carbocycles. The van der Waals surface area contributed by atoms with E-state index in [9.17, 15) is 9.18 Å². The van der Waals surface area contributed by atoms with Crippen LogP contribution in [-0.2, 0) is 4.79 Å². The van der Waals surface area contributed by atoms with Gasteiger partial charge in [0.25, 0.3) is 0 Å². The first-order valence-electron chi connectivity index (χ1n) is 4.80. The van der Waals surface area contributed by atoms with Gasteiger partial charge in [0.1, 0.15) is 6.17 Å². The fourth-order valence-electron chi connectivity index (χ4n) is 2.02. The van der Waals surface area contributed by atoms with Crippen molar-refractivity contribution in [2.75, 3.05) is 26.2 Å². The normalized spacial score (nSPS) is 30.6. The molecule has 13 heavy (non-hydrogen) atoms. The zero-order chi connectivity index (χ0) is 9.42. The molecule has 0 N–H and O–H groups in total. The Morgan fingerprint density at radius 3 is 2.54 bits per heavy atom. The number of likely N-dealkylation sites (tertiary alicyclic amines) is 2. The number of hydrogen-bond acceptors (Lipinski definition) is 2. The first-order valence-corrected chi connectivity index (χ1v) is 4.80. The third kappa shape index (κ3) is 1.68. The van der Waals surface area contributed by atoms with E-state index in [1.54, 1.807) is 11.8 Å². The maximum atomic E-state index is 12.8. The smallest absolute Gasteiger partial charge is 0.219 e. The molecule has 0 aromatic heterocycles. The van der Waals surface area contributed by atoms with Crippen LogP contribution in [0.3, 0.4) is 0 Å². The van der Waals surface area contributed by atoms with Crippen LogP contribution in [-0.4, -0.2) is 54.1 Å². The van der Waals surface area contributed by atoms with E-state index < -0.39 is 6.17 Å². The Hall–Kier alpha value is -0.640. The van der Waals surface area contributed by atoms with E-state index >= 15 is 0 Å². The van der Waals surface area contributed by atoms with E-state index in [2.05, 4.69) is 4.90 Å². The van der Waals surface area contributed by atoms with Crippen LogP contribution in [0.25, 0.3) is 0 Å². The summed E-state index contributed by atoms with van der Waals surface area (Å²) in [4.78, 5) is 14.8. The minimum Gasteiger partial charge on any atom is -0.340 e. The zero-order valence-electron chi connectivity index (χ0n) is 7.87. The molecule has 1 amide bonds. The van der Waals surface area contributed by atoms with Gasteiger partial charge in [0.05, 0.1) is 0 Å². The molecule has 74 valence electrons. The summed E-state index contributed by atoms with van der Waals surface area (Å²) in [6, 6.07) is 0.421. The Morgan fingerprint density at radius 2 is 2.08 bits per heavy atom. The monoisotopic (exact) mass is 186 g/mol. The van der Waals surface area contributed by atoms with Crippen molar-refractivity contribution < 1.29 is 9.18 Å². The Bertz CT molecular complexity index is 216. The molecule has 4 heteroatoms. The number of rotatable bonds is 1. The van der Waals surface area contributed by atoms with E-state index in [0.29, 0.717) is 19.0 Å². The van der Waals surface area contributed by atoms with Crippen LogP contribution in [0.1, 0.15) is 13.3 Å². The number of hydrogen-bond donors (Lipinski definition) is 0. The fourth-order valence-corrected chi connectivity index (χ4v) is 2.02. The van der Waals surface area contributed by atoms with Crippen molar-refractivity contribution in [1.29, 1.82) is 0 Å². The van der Waals surface area contributed by atoms with Crippen molar-refractivity contribution in [2.45, 2.75) is 25.6 Å². The van der Waals surface area contributed by atoms with Gasteiger partial charge in [-0.1, -0.05) is 0 Å². The second-order valence-electron chi connectivity index (χ2n) is 3.96. The zero-order valence-corrected chi connectivity index (χ0v) is 7.87. The lowest BCUT2D eigenvalue weighted by Crippen LogP contribution is -2.60. The van der Waals surface area contributed by atoms with Crippen LogP contribution in [0.5, 0.6) is 0 Å². The summed E-state index contributed by atoms with van der Waals surface area (Å²) < 4.78 is 12.8.